The quantitative estimate of drug-likeness (QED) is 0.796. The average molecular weight is 316 g/mol. The Balaban J connectivity index is 2.29. The number of nitrogens with zero attached hydrogens (tertiary/aromatic N) is 1. The van der Waals surface area contributed by atoms with Gasteiger partial charge in [-0.3, -0.25) is 9.59 Å². The molecule has 0 aliphatic carbocycles. The van der Waals surface area contributed by atoms with Crippen LogP contribution < -0.4 is 10.6 Å². The Bertz CT molecular complexity index is 805. The first-order valence-electron chi connectivity index (χ1n) is 6.90. The summed E-state index contributed by atoms with van der Waals surface area (Å²) < 4.78 is 1.57. The van der Waals surface area contributed by atoms with Crippen molar-refractivity contribution < 1.29 is 19.5 Å². The van der Waals surface area contributed by atoms with Gasteiger partial charge < -0.3 is 20.3 Å². The van der Waals surface area contributed by atoms with Crippen LogP contribution in [0, 0.1) is 6.92 Å². The lowest BCUT2D eigenvalue weighted by Crippen LogP contribution is -2.51. The Morgan fingerprint density at radius 2 is 1.87 bits per heavy atom. The van der Waals surface area contributed by atoms with Gasteiger partial charge in [-0.1, -0.05) is 0 Å². The van der Waals surface area contributed by atoms with Crippen molar-refractivity contribution in [1.82, 2.24) is 9.88 Å². The van der Waals surface area contributed by atoms with Crippen molar-refractivity contribution in [3.8, 4) is 0 Å². The number of carboxylic acids is 1. The number of fused-ring (bicyclic) bond motifs is 1. The number of benzene rings is 1. The minimum absolute atomic E-state index is 0.160. The van der Waals surface area contributed by atoms with Crippen LogP contribution in [-0.2, 0) is 16.6 Å². The van der Waals surface area contributed by atoms with Crippen molar-refractivity contribution in [3.63, 3.8) is 0 Å². The number of rotatable bonds is 4. The molecule has 7 heteroatoms. The number of aromatic carboxylic acids is 1. The molecule has 3 N–H and O–H groups in total. The molecule has 1 aromatic heterocycles. The van der Waals surface area contributed by atoms with Crippen molar-refractivity contribution >= 4 is 34.4 Å². The maximum atomic E-state index is 12.2. The molecule has 2 aromatic rings. The smallest absolute Gasteiger partial charge is 0.352 e. The van der Waals surface area contributed by atoms with Gasteiger partial charge in [-0.2, -0.15) is 0 Å². The molecule has 0 spiro atoms. The number of carbonyl (C=O) groups excluding carboxylic acids is 2. The number of nitrogens with one attached hydrogen (secondary N) is 2. The second-order valence-corrected chi connectivity index (χ2v) is 5.79. The summed E-state index contributed by atoms with van der Waals surface area (Å²) in [5.41, 5.74) is 0.298. The fourth-order valence-corrected chi connectivity index (χ4v) is 2.33. The second-order valence-electron chi connectivity index (χ2n) is 5.79. The summed E-state index contributed by atoms with van der Waals surface area (Å²) in [6, 6.07) is 6.62. The number of carbonyl (C=O) groups is 3. The minimum Gasteiger partial charge on any atom is -0.477 e. The summed E-state index contributed by atoms with van der Waals surface area (Å²) in [5.74, 6) is -1.97. The van der Waals surface area contributed by atoms with Crippen LogP contribution in [-0.4, -0.2) is 33.0 Å². The van der Waals surface area contributed by atoms with E-state index < -0.39 is 23.3 Å². The first-order chi connectivity index (χ1) is 10.6. The molecule has 1 aromatic carbocycles. The van der Waals surface area contributed by atoms with Crippen LogP contribution in [0.3, 0.4) is 0 Å². The molecule has 0 saturated carbocycles. The van der Waals surface area contributed by atoms with E-state index in [0.717, 1.165) is 5.52 Å². The van der Waals surface area contributed by atoms with Gasteiger partial charge in [0.15, 0.2) is 0 Å². The minimum atomic E-state index is -1.11. The van der Waals surface area contributed by atoms with E-state index in [0.29, 0.717) is 11.1 Å². The number of aryl methyl sites for hydroxylation is 1. The number of carboxylic acid groups (broad SMARTS) is 1. The van der Waals surface area contributed by atoms with Gasteiger partial charge in [0, 0.05) is 30.6 Å². The van der Waals surface area contributed by atoms with Gasteiger partial charge in [-0.05, 0) is 38.1 Å². The SMILES string of the molecule is [CH2]C(=O)NC(C)(C)C(=O)Nc1ccc2c(c1)cc(C(=O)O)n2C. The Hall–Kier alpha value is -2.83. The molecule has 0 unspecified atom stereocenters. The zero-order valence-corrected chi connectivity index (χ0v) is 13.1. The Morgan fingerprint density at radius 1 is 1.22 bits per heavy atom. The molecular weight excluding hydrogens is 298 g/mol. The highest BCUT2D eigenvalue weighted by Gasteiger charge is 2.28. The van der Waals surface area contributed by atoms with Gasteiger partial charge in [0.2, 0.25) is 11.8 Å². The normalized spacial score (nSPS) is 11.3. The molecular formula is C16H18N3O4. The van der Waals surface area contributed by atoms with E-state index in [1.807, 2.05) is 0 Å². The van der Waals surface area contributed by atoms with Gasteiger partial charge >= 0.3 is 5.97 Å². The van der Waals surface area contributed by atoms with Crippen LogP contribution in [0.4, 0.5) is 5.69 Å². The molecule has 0 saturated heterocycles. The molecule has 1 radical (unpaired) electrons. The van der Waals surface area contributed by atoms with E-state index in [1.165, 1.54) is 6.07 Å². The molecule has 0 bridgehead atoms. The molecule has 1 heterocycles. The summed E-state index contributed by atoms with van der Waals surface area (Å²) in [5, 5.41) is 15.0. The molecule has 121 valence electrons. The summed E-state index contributed by atoms with van der Waals surface area (Å²) in [4.78, 5) is 34.4. The number of amides is 2. The van der Waals surface area contributed by atoms with E-state index in [-0.39, 0.29) is 5.69 Å². The zero-order chi connectivity index (χ0) is 17.4. The van der Waals surface area contributed by atoms with E-state index >= 15 is 0 Å². The lowest BCUT2D eigenvalue weighted by atomic mass is 10.0. The van der Waals surface area contributed by atoms with Gasteiger partial charge in [0.05, 0.1) is 0 Å². The van der Waals surface area contributed by atoms with E-state index in [1.54, 1.807) is 43.7 Å². The van der Waals surface area contributed by atoms with Crippen LogP contribution in [0.15, 0.2) is 24.3 Å². The van der Waals surface area contributed by atoms with Crippen molar-refractivity contribution in [2.45, 2.75) is 19.4 Å². The molecule has 0 aliphatic heterocycles. The molecule has 0 fully saturated rings. The third-order valence-corrected chi connectivity index (χ3v) is 3.54. The van der Waals surface area contributed by atoms with Gasteiger partial charge in [0.1, 0.15) is 11.2 Å². The fraction of sp³-hybridized carbons (Fsp3) is 0.250. The number of anilines is 1. The molecule has 2 amide bonds. The largest absolute Gasteiger partial charge is 0.477 e. The van der Waals surface area contributed by atoms with E-state index in [2.05, 4.69) is 17.6 Å². The summed E-state index contributed by atoms with van der Waals surface area (Å²) >= 11 is 0. The first kappa shape index (κ1) is 16.5. The highest BCUT2D eigenvalue weighted by Crippen LogP contribution is 2.23. The van der Waals surface area contributed by atoms with Crippen LogP contribution in [0.5, 0.6) is 0 Å². The monoisotopic (exact) mass is 316 g/mol. The van der Waals surface area contributed by atoms with Gasteiger partial charge in [0.25, 0.3) is 0 Å². The number of aromatic nitrogens is 1. The van der Waals surface area contributed by atoms with E-state index in [4.69, 9.17) is 5.11 Å². The predicted octanol–water partition coefficient (Wildman–Crippen LogP) is 1.54. The van der Waals surface area contributed by atoms with E-state index in [9.17, 15) is 14.4 Å². The topological polar surface area (TPSA) is 100 Å². The molecule has 7 nitrogen and oxygen atoms in total. The van der Waals surface area contributed by atoms with Crippen LogP contribution in [0.1, 0.15) is 24.3 Å². The summed E-state index contributed by atoms with van der Waals surface area (Å²) in [7, 11) is 1.66. The zero-order valence-electron chi connectivity index (χ0n) is 13.1. The summed E-state index contributed by atoms with van der Waals surface area (Å²) in [6.07, 6.45) is 0. The molecule has 0 aliphatic rings. The van der Waals surface area contributed by atoms with Gasteiger partial charge in [-0.15, -0.1) is 0 Å². The highest BCUT2D eigenvalue weighted by molar-refractivity contribution is 6.02. The molecule has 2 rings (SSSR count). The third kappa shape index (κ3) is 3.33. The fourth-order valence-electron chi connectivity index (χ4n) is 2.33. The first-order valence-corrected chi connectivity index (χ1v) is 6.90. The van der Waals surface area contributed by atoms with Crippen LogP contribution in [0.25, 0.3) is 10.9 Å². The Labute approximate surface area is 133 Å². The lowest BCUT2D eigenvalue weighted by Gasteiger charge is -2.24. The second kappa shape index (κ2) is 5.75. The van der Waals surface area contributed by atoms with Crippen molar-refractivity contribution in [1.29, 1.82) is 0 Å². The highest BCUT2D eigenvalue weighted by atomic mass is 16.4. The number of hydrogen-bond acceptors (Lipinski definition) is 3. The predicted molar refractivity (Wildman–Crippen MR) is 86.1 cm³/mol. The van der Waals surface area contributed by atoms with Crippen LogP contribution in [0.2, 0.25) is 0 Å². The Kier molecular flexibility index (Phi) is 4.14. The summed E-state index contributed by atoms with van der Waals surface area (Å²) in [6.45, 7) is 6.32. The third-order valence-electron chi connectivity index (χ3n) is 3.54. The van der Waals surface area contributed by atoms with Gasteiger partial charge in [-0.25, -0.2) is 4.79 Å². The standard InChI is InChI=1S/C16H18N3O4/c1-9(20)18-16(2,3)15(23)17-11-5-6-12-10(7-11)8-13(14(21)22)19(12)4/h5-8H,1H2,2-4H3,(H,17,23)(H,18,20)(H,21,22). The lowest BCUT2D eigenvalue weighted by molar-refractivity contribution is -0.127. The maximum Gasteiger partial charge on any atom is 0.352 e. The number of hydrogen-bond donors (Lipinski definition) is 3. The molecule has 0 atom stereocenters. The Morgan fingerprint density at radius 3 is 2.43 bits per heavy atom. The average Bonchev–Trinajstić information content (AvgIpc) is 2.74. The van der Waals surface area contributed by atoms with Crippen LogP contribution >= 0.6 is 0 Å². The van der Waals surface area contributed by atoms with Crippen molar-refractivity contribution in [3.05, 3.63) is 36.9 Å². The maximum absolute atomic E-state index is 12.2. The molecule has 23 heavy (non-hydrogen) atoms. The van der Waals surface area contributed by atoms with Crippen molar-refractivity contribution in [2.24, 2.45) is 7.05 Å². The van der Waals surface area contributed by atoms with Crippen molar-refractivity contribution in [2.75, 3.05) is 5.32 Å².